The van der Waals surface area contributed by atoms with Crippen LogP contribution in [-0.4, -0.2) is 25.5 Å². The van der Waals surface area contributed by atoms with Gasteiger partial charge in [-0.3, -0.25) is 0 Å². The minimum atomic E-state index is -0.353. The first-order valence-electron chi connectivity index (χ1n) is 8.02. The van der Waals surface area contributed by atoms with Crippen molar-refractivity contribution < 1.29 is 19.1 Å². The van der Waals surface area contributed by atoms with Gasteiger partial charge in [-0.15, -0.1) is 0 Å². The van der Waals surface area contributed by atoms with Crippen LogP contribution < -0.4 is 0 Å². The number of benzene rings is 1. The van der Waals surface area contributed by atoms with E-state index in [2.05, 4.69) is 0 Å². The Hall–Kier alpha value is -1.94. The van der Waals surface area contributed by atoms with Crippen LogP contribution in [0.2, 0.25) is 0 Å². The summed E-state index contributed by atoms with van der Waals surface area (Å²) in [6.07, 6.45) is 5.12. The first-order chi connectivity index (χ1) is 11.1. The first-order valence-corrected chi connectivity index (χ1v) is 8.02. The second-order valence-corrected chi connectivity index (χ2v) is 6.21. The largest absolute Gasteiger partial charge is 0.463 e. The molecular formula is C19H24O4. The van der Waals surface area contributed by atoms with E-state index in [4.69, 9.17) is 9.47 Å². The Morgan fingerprint density at radius 3 is 2.74 bits per heavy atom. The number of esters is 1. The van der Waals surface area contributed by atoms with Gasteiger partial charge in [-0.1, -0.05) is 43.3 Å². The SMILES string of the molecule is CCOC(=O)/C=C\[C@H](COCc1ccccc1)[C@@H]1C[C@]1(C)C=O. The van der Waals surface area contributed by atoms with Gasteiger partial charge in [-0.2, -0.15) is 0 Å². The van der Waals surface area contributed by atoms with Gasteiger partial charge < -0.3 is 14.3 Å². The lowest BCUT2D eigenvalue weighted by Crippen LogP contribution is -2.15. The molecule has 0 radical (unpaired) electrons. The summed E-state index contributed by atoms with van der Waals surface area (Å²) in [5.41, 5.74) is 0.814. The molecule has 0 unspecified atom stereocenters. The Balaban J connectivity index is 1.91. The van der Waals surface area contributed by atoms with Crippen LogP contribution in [0.1, 0.15) is 25.8 Å². The third-order valence-corrected chi connectivity index (χ3v) is 4.32. The molecule has 3 atom stereocenters. The van der Waals surface area contributed by atoms with Gasteiger partial charge in [0.15, 0.2) is 0 Å². The van der Waals surface area contributed by atoms with Crippen LogP contribution in [0.4, 0.5) is 0 Å². The van der Waals surface area contributed by atoms with Crippen molar-refractivity contribution in [3.05, 3.63) is 48.0 Å². The zero-order valence-corrected chi connectivity index (χ0v) is 13.7. The molecular weight excluding hydrogens is 292 g/mol. The quantitative estimate of drug-likeness (QED) is 0.399. The van der Waals surface area contributed by atoms with Crippen molar-refractivity contribution in [1.29, 1.82) is 0 Å². The normalized spacial score (nSPS) is 24.3. The van der Waals surface area contributed by atoms with Crippen LogP contribution in [-0.2, 0) is 25.7 Å². The summed E-state index contributed by atoms with van der Waals surface area (Å²) in [6, 6.07) is 9.93. The fourth-order valence-electron chi connectivity index (χ4n) is 2.78. The number of ether oxygens (including phenoxy) is 2. The summed E-state index contributed by atoms with van der Waals surface area (Å²) >= 11 is 0. The smallest absolute Gasteiger partial charge is 0.330 e. The number of hydrogen-bond donors (Lipinski definition) is 0. The minimum absolute atomic E-state index is 0.0401. The molecule has 0 aromatic heterocycles. The lowest BCUT2D eigenvalue weighted by Gasteiger charge is -2.15. The molecule has 1 saturated carbocycles. The molecule has 0 saturated heterocycles. The van der Waals surface area contributed by atoms with E-state index < -0.39 is 0 Å². The number of rotatable bonds is 9. The van der Waals surface area contributed by atoms with E-state index >= 15 is 0 Å². The van der Waals surface area contributed by atoms with E-state index in [9.17, 15) is 9.59 Å². The second kappa shape index (κ2) is 8.06. The number of carbonyl (C=O) groups is 2. The average Bonchev–Trinajstić information content (AvgIpc) is 3.24. The molecule has 1 aromatic rings. The summed E-state index contributed by atoms with van der Waals surface area (Å²) in [5.74, 6) is -0.0891. The van der Waals surface area contributed by atoms with Crippen molar-refractivity contribution in [3.63, 3.8) is 0 Å². The van der Waals surface area contributed by atoms with Crippen LogP contribution in [0.25, 0.3) is 0 Å². The van der Waals surface area contributed by atoms with Crippen molar-refractivity contribution in [2.75, 3.05) is 13.2 Å². The number of aldehydes is 1. The highest BCUT2D eigenvalue weighted by molar-refractivity contribution is 5.82. The molecule has 1 aromatic carbocycles. The summed E-state index contributed by atoms with van der Waals surface area (Å²) in [4.78, 5) is 22.7. The van der Waals surface area contributed by atoms with E-state index in [1.165, 1.54) is 6.08 Å². The van der Waals surface area contributed by atoms with Gasteiger partial charge in [0.2, 0.25) is 0 Å². The molecule has 0 heterocycles. The molecule has 4 nitrogen and oxygen atoms in total. The molecule has 0 amide bonds. The fourth-order valence-corrected chi connectivity index (χ4v) is 2.78. The van der Waals surface area contributed by atoms with Gasteiger partial charge in [0.25, 0.3) is 0 Å². The van der Waals surface area contributed by atoms with E-state index in [-0.39, 0.29) is 23.2 Å². The molecule has 2 rings (SSSR count). The van der Waals surface area contributed by atoms with E-state index in [1.807, 2.05) is 43.3 Å². The highest BCUT2D eigenvalue weighted by Crippen LogP contribution is 2.55. The third-order valence-electron chi connectivity index (χ3n) is 4.32. The summed E-state index contributed by atoms with van der Waals surface area (Å²) in [5, 5.41) is 0. The van der Waals surface area contributed by atoms with Crippen LogP contribution in [0.3, 0.4) is 0 Å². The zero-order chi connectivity index (χ0) is 16.7. The molecule has 4 heteroatoms. The molecule has 1 aliphatic rings. The molecule has 0 N–H and O–H groups in total. The van der Waals surface area contributed by atoms with Crippen molar-refractivity contribution in [2.45, 2.75) is 26.9 Å². The summed E-state index contributed by atoms with van der Waals surface area (Å²) < 4.78 is 10.7. The molecule has 1 fully saturated rings. The maximum Gasteiger partial charge on any atom is 0.330 e. The van der Waals surface area contributed by atoms with E-state index in [0.717, 1.165) is 18.3 Å². The molecule has 1 aliphatic carbocycles. The van der Waals surface area contributed by atoms with Crippen molar-refractivity contribution >= 4 is 12.3 Å². The second-order valence-electron chi connectivity index (χ2n) is 6.21. The molecule has 0 aliphatic heterocycles. The van der Waals surface area contributed by atoms with Gasteiger partial charge in [0, 0.05) is 17.4 Å². The summed E-state index contributed by atoms with van der Waals surface area (Å²) in [6.45, 7) is 5.09. The predicted octanol–water partition coefficient (Wildman–Crippen LogP) is 3.16. The van der Waals surface area contributed by atoms with Crippen molar-refractivity contribution in [1.82, 2.24) is 0 Å². The zero-order valence-electron chi connectivity index (χ0n) is 13.7. The lowest BCUT2D eigenvalue weighted by atomic mass is 9.97. The van der Waals surface area contributed by atoms with Crippen molar-refractivity contribution in [3.8, 4) is 0 Å². The Morgan fingerprint density at radius 1 is 1.39 bits per heavy atom. The first kappa shape index (κ1) is 17.4. The minimum Gasteiger partial charge on any atom is -0.463 e. The summed E-state index contributed by atoms with van der Waals surface area (Å²) in [7, 11) is 0. The van der Waals surface area contributed by atoms with Crippen LogP contribution in [0.5, 0.6) is 0 Å². The van der Waals surface area contributed by atoms with Crippen LogP contribution >= 0.6 is 0 Å². The Kier molecular flexibility index (Phi) is 6.11. The van der Waals surface area contributed by atoms with Crippen LogP contribution in [0.15, 0.2) is 42.5 Å². The highest BCUT2D eigenvalue weighted by atomic mass is 16.5. The average molecular weight is 316 g/mol. The standard InChI is InChI=1S/C19H24O4/c1-3-23-18(21)10-9-16(17-11-19(17,2)14-20)13-22-12-15-7-5-4-6-8-15/h4-10,14,16-17H,3,11-13H2,1-2H3/b10-9-/t16-,17+,19-/m1/s1. The lowest BCUT2D eigenvalue weighted by molar-refractivity contribution is -0.137. The topological polar surface area (TPSA) is 52.6 Å². The fraction of sp³-hybridized carbons (Fsp3) is 0.474. The van der Waals surface area contributed by atoms with Gasteiger partial charge in [-0.05, 0) is 24.8 Å². The maximum atomic E-state index is 11.5. The van der Waals surface area contributed by atoms with Crippen LogP contribution in [0, 0.1) is 17.3 Å². The van der Waals surface area contributed by atoms with Crippen molar-refractivity contribution in [2.24, 2.45) is 17.3 Å². The Labute approximate surface area is 137 Å². The molecule has 124 valence electrons. The molecule has 0 spiro atoms. The van der Waals surface area contributed by atoms with Gasteiger partial charge in [-0.25, -0.2) is 4.79 Å². The van der Waals surface area contributed by atoms with Gasteiger partial charge in [0.05, 0.1) is 19.8 Å². The number of hydrogen-bond acceptors (Lipinski definition) is 4. The third kappa shape index (κ3) is 5.03. The van der Waals surface area contributed by atoms with E-state index in [1.54, 1.807) is 6.92 Å². The molecule has 0 bridgehead atoms. The van der Waals surface area contributed by atoms with Gasteiger partial charge in [0.1, 0.15) is 6.29 Å². The molecule has 23 heavy (non-hydrogen) atoms. The number of carbonyl (C=O) groups excluding carboxylic acids is 2. The Bertz CT molecular complexity index is 552. The maximum absolute atomic E-state index is 11.5. The predicted molar refractivity (Wildman–Crippen MR) is 87.6 cm³/mol. The van der Waals surface area contributed by atoms with Gasteiger partial charge >= 0.3 is 5.97 Å². The highest BCUT2D eigenvalue weighted by Gasteiger charge is 2.53. The Morgan fingerprint density at radius 2 is 2.13 bits per heavy atom. The monoisotopic (exact) mass is 316 g/mol. The van der Waals surface area contributed by atoms with E-state index in [0.29, 0.717) is 19.8 Å².